The Hall–Kier alpha value is -4.46. The molecule has 196 valence electrons. The lowest BCUT2D eigenvalue weighted by atomic mass is 10.0. The monoisotopic (exact) mass is 516 g/mol. The SMILES string of the molecule is CC1=CCc2c(cc3oc(C)cc(=O)c3c2O)OC1.COc1c(C(C)C)oc2cc3oc(=O)ccc3cc12. The Labute approximate surface area is 217 Å². The van der Waals surface area contributed by atoms with Crippen LogP contribution in [0.5, 0.6) is 17.2 Å². The fraction of sp³-hybridized carbons (Fsp3) is 0.267. The van der Waals surface area contributed by atoms with Crippen molar-refractivity contribution in [2.45, 2.75) is 40.0 Å². The van der Waals surface area contributed by atoms with Gasteiger partial charge in [-0.05, 0) is 38.0 Å². The third-order valence-electron chi connectivity index (χ3n) is 6.43. The number of benzene rings is 2. The van der Waals surface area contributed by atoms with Crippen molar-refractivity contribution in [2.24, 2.45) is 0 Å². The normalized spacial score (nSPS) is 13.1. The molecule has 2 aromatic carbocycles. The van der Waals surface area contributed by atoms with Crippen molar-refractivity contribution in [3.63, 3.8) is 0 Å². The molecular formula is C30H28O8. The van der Waals surface area contributed by atoms with Gasteiger partial charge in [0.1, 0.15) is 51.8 Å². The summed E-state index contributed by atoms with van der Waals surface area (Å²) in [5.41, 5.74) is 2.68. The smallest absolute Gasteiger partial charge is 0.336 e. The van der Waals surface area contributed by atoms with Crippen LogP contribution in [0.25, 0.3) is 32.9 Å². The molecule has 1 N–H and O–H groups in total. The van der Waals surface area contributed by atoms with Gasteiger partial charge in [0.05, 0.1) is 12.5 Å². The minimum atomic E-state index is -0.366. The molecule has 1 aliphatic heterocycles. The minimum absolute atomic E-state index is 0.0350. The molecule has 0 radical (unpaired) electrons. The second-order valence-electron chi connectivity index (χ2n) is 9.63. The Morgan fingerprint density at radius 2 is 1.74 bits per heavy atom. The van der Waals surface area contributed by atoms with Crippen molar-refractivity contribution < 1.29 is 27.8 Å². The number of phenolic OH excluding ortho intramolecular Hbond substituents is 1. The maximum atomic E-state index is 12.0. The van der Waals surface area contributed by atoms with Crippen LogP contribution in [0.15, 0.2) is 70.9 Å². The first-order valence-corrected chi connectivity index (χ1v) is 12.3. The van der Waals surface area contributed by atoms with Crippen LogP contribution in [0.1, 0.15) is 43.8 Å². The van der Waals surface area contributed by atoms with Crippen LogP contribution in [-0.2, 0) is 6.42 Å². The Kier molecular flexibility index (Phi) is 6.48. The van der Waals surface area contributed by atoms with Crippen LogP contribution >= 0.6 is 0 Å². The quantitative estimate of drug-likeness (QED) is 0.213. The lowest BCUT2D eigenvalue weighted by molar-refractivity contribution is 0.349. The Balaban J connectivity index is 0.000000155. The predicted molar refractivity (Wildman–Crippen MR) is 145 cm³/mol. The number of rotatable bonds is 2. The summed E-state index contributed by atoms with van der Waals surface area (Å²) in [6, 6.07) is 9.87. The van der Waals surface area contributed by atoms with Crippen LogP contribution in [-0.4, -0.2) is 18.8 Å². The lowest BCUT2D eigenvalue weighted by Crippen LogP contribution is -2.04. The molecule has 0 bridgehead atoms. The van der Waals surface area contributed by atoms with E-state index >= 15 is 0 Å². The molecule has 4 heterocycles. The summed E-state index contributed by atoms with van der Waals surface area (Å²) in [5, 5.41) is 12.3. The molecule has 38 heavy (non-hydrogen) atoms. The van der Waals surface area contributed by atoms with E-state index in [0.717, 1.165) is 27.9 Å². The largest absolute Gasteiger partial charge is 0.507 e. The molecule has 8 heteroatoms. The summed E-state index contributed by atoms with van der Waals surface area (Å²) in [7, 11) is 1.63. The fourth-order valence-electron chi connectivity index (χ4n) is 4.54. The highest BCUT2D eigenvalue weighted by Crippen LogP contribution is 2.39. The third kappa shape index (κ3) is 4.53. The van der Waals surface area contributed by atoms with Gasteiger partial charge in [-0.15, -0.1) is 0 Å². The van der Waals surface area contributed by atoms with E-state index in [1.54, 1.807) is 32.2 Å². The Morgan fingerprint density at radius 1 is 0.947 bits per heavy atom. The number of aryl methyl sites for hydroxylation is 1. The van der Waals surface area contributed by atoms with Crippen molar-refractivity contribution in [3.05, 3.63) is 85.8 Å². The number of fused-ring (bicyclic) bond motifs is 4. The first-order valence-electron chi connectivity index (χ1n) is 12.3. The van der Waals surface area contributed by atoms with E-state index in [-0.39, 0.29) is 28.1 Å². The van der Waals surface area contributed by atoms with Crippen LogP contribution in [0.4, 0.5) is 0 Å². The third-order valence-corrected chi connectivity index (χ3v) is 6.43. The number of allylic oxidation sites excluding steroid dienone is 1. The molecule has 0 unspecified atom stereocenters. The summed E-state index contributed by atoms with van der Waals surface area (Å²) in [4.78, 5) is 23.2. The average Bonchev–Trinajstić information content (AvgIpc) is 3.12. The van der Waals surface area contributed by atoms with Crippen LogP contribution in [0, 0.1) is 6.92 Å². The van der Waals surface area contributed by atoms with E-state index in [0.29, 0.717) is 46.8 Å². The zero-order chi connectivity index (χ0) is 27.1. The maximum absolute atomic E-state index is 12.0. The van der Waals surface area contributed by atoms with Gasteiger partial charge in [-0.25, -0.2) is 4.79 Å². The first-order chi connectivity index (χ1) is 18.2. The average molecular weight is 517 g/mol. The molecule has 6 rings (SSSR count). The van der Waals surface area contributed by atoms with E-state index in [4.69, 9.17) is 22.7 Å². The Morgan fingerprint density at radius 3 is 2.47 bits per heavy atom. The van der Waals surface area contributed by atoms with E-state index in [9.17, 15) is 14.7 Å². The number of phenols is 1. The highest BCUT2D eigenvalue weighted by molar-refractivity contribution is 5.97. The van der Waals surface area contributed by atoms with Crippen LogP contribution in [0.3, 0.4) is 0 Å². The van der Waals surface area contributed by atoms with Gasteiger partial charge < -0.3 is 27.8 Å². The zero-order valence-corrected chi connectivity index (χ0v) is 21.8. The summed E-state index contributed by atoms with van der Waals surface area (Å²) in [6.07, 6.45) is 2.55. The van der Waals surface area contributed by atoms with Gasteiger partial charge in [-0.1, -0.05) is 19.9 Å². The molecule has 5 aromatic rings. The number of methoxy groups -OCH3 is 1. The second kappa shape index (κ2) is 9.78. The van der Waals surface area contributed by atoms with E-state index in [1.807, 2.05) is 32.9 Å². The van der Waals surface area contributed by atoms with Gasteiger partial charge in [0.2, 0.25) is 0 Å². The van der Waals surface area contributed by atoms with Crippen molar-refractivity contribution in [1.82, 2.24) is 0 Å². The molecule has 0 saturated heterocycles. The second-order valence-corrected chi connectivity index (χ2v) is 9.63. The molecule has 8 nitrogen and oxygen atoms in total. The Bertz CT molecular complexity index is 1830. The molecule has 0 aliphatic carbocycles. The standard InChI is InChI=1S/2C15H14O4/c1-8(2)14-15(17-3)10-6-9-4-5-13(16)18-11(9)7-12(10)19-14;1-8-3-4-10-12(18-7-8)6-13-14(15(10)17)11(16)5-9(2)19-13/h4-8H,1-3H3;3,5-6,17H,4,7H2,1-2H3. The number of furan rings is 1. The number of ether oxygens (including phenoxy) is 2. The molecule has 0 saturated carbocycles. The van der Waals surface area contributed by atoms with E-state index in [2.05, 4.69) is 0 Å². The molecule has 0 spiro atoms. The van der Waals surface area contributed by atoms with Gasteiger partial charge in [0, 0.05) is 41.1 Å². The molecule has 3 aromatic heterocycles. The summed E-state index contributed by atoms with van der Waals surface area (Å²) in [5.74, 6) is 2.82. The van der Waals surface area contributed by atoms with E-state index < -0.39 is 0 Å². The fourth-order valence-corrected chi connectivity index (χ4v) is 4.54. The van der Waals surface area contributed by atoms with Gasteiger partial charge in [0.15, 0.2) is 11.2 Å². The highest BCUT2D eigenvalue weighted by atomic mass is 16.5. The zero-order valence-electron chi connectivity index (χ0n) is 21.8. The van der Waals surface area contributed by atoms with E-state index in [1.165, 1.54) is 12.1 Å². The van der Waals surface area contributed by atoms with Crippen LogP contribution < -0.4 is 20.5 Å². The molecular weight excluding hydrogens is 488 g/mol. The topological polar surface area (TPSA) is 112 Å². The first kappa shape index (κ1) is 25.2. The van der Waals surface area contributed by atoms with Crippen molar-refractivity contribution in [1.29, 1.82) is 0 Å². The molecule has 0 fully saturated rings. The van der Waals surface area contributed by atoms with Gasteiger partial charge in [-0.2, -0.15) is 0 Å². The van der Waals surface area contributed by atoms with Crippen molar-refractivity contribution >= 4 is 32.9 Å². The number of hydrogen-bond donors (Lipinski definition) is 1. The van der Waals surface area contributed by atoms with Crippen molar-refractivity contribution in [2.75, 3.05) is 13.7 Å². The predicted octanol–water partition coefficient (Wildman–Crippen LogP) is 6.36. The maximum Gasteiger partial charge on any atom is 0.336 e. The van der Waals surface area contributed by atoms with Gasteiger partial charge >= 0.3 is 5.63 Å². The lowest BCUT2D eigenvalue weighted by Gasteiger charge is -2.11. The molecule has 0 atom stereocenters. The van der Waals surface area contributed by atoms with Crippen molar-refractivity contribution in [3.8, 4) is 17.2 Å². The summed E-state index contributed by atoms with van der Waals surface area (Å²) < 4.78 is 27.6. The van der Waals surface area contributed by atoms with Crippen LogP contribution in [0.2, 0.25) is 0 Å². The highest BCUT2D eigenvalue weighted by Gasteiger charge is 2.20. The van der Waals surface area contributed by atoms with Gasteiger partial charge in [0.25, 0.3) is 0 Å². The molecule has 1 aliphatic rings. The summed E-state index contributed by atoms with van der Waals surface area (Å²) >= 11 is 0. The molecule has 0 amide bonds. The summed E-state index contributed by atoms with van der Waals surface area (Å²) in [6.45, 7) is 8.24. The number of hydrogen-bond acceptors (Lipinski definition) is 8. The number of aromatic hydroxyl groups is 1. The van der Waals surface area contributed by atoms with Gasteiger partial charge in [-0.3, -0.25) is 4.79 Å². The minimum Gasteiger partial charge on any atom is -0.507 e.